The van der Waals surface area contributed by atoms with Crippen molar-refractivity contribution < 1.29 is 104 Å². The molecule has 2 amide bonds. The molecule has 0 saturated carbocycles. The summed E-state index contributed by atoms with van der Waals surface area (Å²) in [7, 11) is 0. The van der Waals surface area contributed by atoms with Gasteiger partial charge in [0.1, 0.15) is 67.1 Å². The second-order valence-corrected chi connectivity index (χ2v) is 21.1. The third kappa shape index (κ3) is 22.7. The zero-order valence-electron chi connectivity index (χ0n) is 45.8. The monoisotopic (exact) mass is 1110 g/mol. The third-order valence-corrected chi connectivity index (χ3v) is 14.7. The zero-order valence-corrected chi connectivity index (χ0v) is 45.8. The highest BCUT2D eigenvalue weighted by molar-refractivity contribution is 5.77. The van der Waals surface area contributed by atoms with Crippen molar-refractivity contribution in [1.82, 2.24) is 10.6 Å². The smallest absolute Gasteiger partial charge is 0.364 e. The summed E-state index contributed by atoms with van der Waals surface area (Å²) >= 11 is 0. The first-order valence-electron chi connectivity index (χ1n) is 28.5. The average Bonchev–Trinajstić information content (AvgIpc) is 3.41. The van der Waals surface area contributed by atoms with Gasteiger partial charge in [0.2, 0.25) is 11.8 Å². The van der Waals surface area contributed by atoms with E-state index >= 15 is 0 Å². The van der Waals surface area contributed by atoms with E-state index in [-0.39, 0.29) is 18.9 Å². The maximum Gasteiger partial charge on any atom is 0.364 e. The number of nitrogens with one attached hydrogen (secondary N) is 2. The molecule has 23 nitrogen and oxygen atoms in total. The molecule has 0 spiro atoms. The number of carbonyl (C=O) groups excluding carboxylic acids is 2. The lowest BCUT2D eigenvalue weighted by Gasteiger charge is -2.50. The summed E-state index contributed by atoms with van der Waals surface area (Å²) in [5, 5.41) is 135. The van der Waals surface area contributed by atoms with Gasteiger partial charge in [-0.1, -0.05) is 135 Å². The third-order valence-electron chi connectivity index (χ3n) is 14.7. The van der Waals surface area contributed by atoms with Gasteiger partial charge >= 0.3 is 5.97 Å². The first-order valence-corrected chi connectivity index (χ1v) is 28.5. The minimum Gasteiger partial charge on any atom is -0.477 e. The van der Waals surface area contributed by atoms with Crippen molar-refractivity contribution in [2.24, 2.45) is 0 Å². The van der Waals surface area contributed by atoms with Crippen LogP contribution in [0.1, 0.15) is 175 Å². The molecule has 3 aliphatic rings. The Hall–Kier alpha value is -2.53. The highest BCUT2D eigenvalue weighted by Crippen LogP contribution is 2.38. The molecule has 77 heavy (non-hydrogen) atoms. The summed E-state index contributed by atoms with van der Waals surface area (Å²) in [6.07, 6.45) is -1.61. The van der Waals surface area contributed by atoms with E-state index in [1.54, 1.807) is 0 Å². The fourth-order valence-electron chi connectivity index (χ4n) is 10.0. The molecule has 450 valence electrons. The highest BCUT2D eigenvalue weighted by Gasteiger charge is 2.60. The van der Waals surface area contributed by atoms with Crippen LogP contribution in [0, 0.1) is 0 Å². The van der Waals surface area contributed by atoms with E-state index in [9.17, 15) is 75.7 Å². The van der Waals surface area contributed by atoms with Crippen molar-refractivity contribution in [3.8, 4) is 0 Å². The van der Waals surface area contributed by atoms with Crippen LogP contribution in [0.25, 0.3) is 0 Å². The van der Waals surface area contributed by atoms with E-state index in [4.69, 9.17) is 28.4 Å². The van der Waals surface area contributed by atoms with Crippen molar-refractivity contribution in [2.75, 3.05) is 26.4 Å². The number of rotatable bonds is 40. The van der Waals surface area contributed by atoms with Crippen LogP contribution in [0.4, 0.5) is 0 Å². The Kier molecular flexibility index (Phi) is 33.5. The molecule has 0 aromatic heterocycles. The van der Waals surface area contributed by atoms with E-state index in [2.05, 4.69) is 36.6 Å². The molecular formula is C54H98N2O21. The lowest BCUT2D eigenvalue weighted by molar-refractivity contribution is -0.386. The molecular weight excluding hydrogens is 1010 g/mol. The summed E-state index contributed by atoms with van der Waals surface area (Å²) in [6.45, 7) is 2.08. The maximum absolute atomic E-state index is 13.3. The van der Waals surface area contributed by atoms with Crippen molar-refractivity contribution in [3.05, 3.63) is 12.2 Å². The summed E-state index contributed by atoms with van der Waals surface area (Å²) in [5.74, 6) is -6.12. The first-order chi connectivity index (χ1) is 36.9. The molecule has 23 heteroatoms. The zero-order chi connectivity index (χ0) is 56.9. The van der Waals surface area contributed by atoms with Crippen LogP contribution < -0.4 is 10.6 Å². The molecule has 0 radical (unpaired) electrons. The van der Waals surface area contributed by atoms with Crippen LogP contribution in [0.2, 0.25) is 0 Å². The molecule has 0 aliphatic carbocycles. The van der Waals surface area contributed by atoms with E-state index in [0.29, 0.717) is 19.3 Å². The average molecular weight is 1110 g/mol. The number of aliphatic hydroxyl groups excluding tert-OH is 11. The lowest BCUT2D eigenvalue weighted by Crippen LogP contribution is -2.70. The highest BCUT2D eigenvalue weighted by atomic mass is 16.8. The van der Waals surface area contributed by atoms with Gasteiger partial charge in [0.05, 0.1) is 50.7 Å². The Bertz CT molecular complexity index is 1650. The van der Waals surface area contributed by atoms with Gasteiger partial charge in [0.25, 0.3) is 5.79 Å². The standard InChI is InChI=1S/C54H98N2O21/c1-4-6-8-10-12-14-16-18-19-21-23-25-27-36(61)35(56-41(64)28-26-24-22-20-17-15-13-11-9-7-5-2)33-72-51-46(68)45(67)48(40(32-59)74-51)75-52-47(69)50(44(66)39(31-58)73-52)77-54(53(70)71)29-37(62)42(55-34(3)60)49(76-54)43(65)38(63)30-57/h11,13,35-40,42-52,57-59,61-63,65-69H,4-10,12,14-33H2,1-3H3,(H,55,60)(H,56,64)(H,70,71)/b13-11-. The maximum atomic E-state index is 13.3. The van der Waals surface area contributed by atoms with Gasteiger partial charge in [-0.3, -0.25) is 9.59 Å². The second kappa shape index (κ2) is 37.5. The molecule has 3 fully saturated rings. The fourth-order valence-corrected chi connectivity index (χ4v) is 10.0. The molecule has 14 N–H and O–H groups in total. The van der Waals surface area contributed by atoms with E-state index in [1.165, 1.54) is 57.8 Å². The lowest BCUT2D eigenvalue weighted by atomic mass is 9.88. The van der Waals surface area contributed by atoms with Crippen LogP contribution in [0.15, 0.2) is 12.2 Å². The predicted octanol–water partition coefficient (Wildman–Crippen LogP) is 1.21. The van der Waals surface area contributed by atoms with Crippen molar-refractivity contribution >= 4 is 17.8 Å². The fraction of sp³-hybridized carbons (Fsp3) is 0.907. The van der Waals surface area contributed by atoms with Crippen LogP contribution in [0.5, 0.6) is 0 Å². The van der Waals surface area contributed by atoms with E-state index in [0.717, 1.165) is 71.1 Å². The molecule has 18 unspecified atom stereocenters. The summed E-state index contributed by atoms with van der Waals surface area (Å²) in [5.41, 5.74) is 0. The second-order valence-electron chi connectivity index (χ2n) is 21.1. The number of hydrogen-bond donors (Lipinski definition) is 14. The first kappa shape index (κ1) is 68.7. The number of carboxylic acids is 1. The Morgan fingerprint density at radius 2 is 1.22 bits per heavy atom. The normalized spacial score (nSPS) is 31.4. The van der Waals surface area contributed by atoms with Gasteiger partial charge in [-0.25, -0.2) is 4.79 Å². The number of carbonyl (C=O) groups is 3. The largest absolute Gasteiger partial charge is 0.477 e. The Morgan fingerprint density at radius 3 is 1.79 bits per heavy atom. The van der Waals surface area contributed by atoms with Gasteiger partial charge in [0, 0.05) is 19.8 Å². The molecule has 3 aliphatic heterocycles. The van der Waals surface area contributed by atoms with Crippen molar-refractivity contribution in [2.45, 2.75) is 285 Å². The van der Waals surface area contributed by atoms with Gasteiger partial charge in [0.15, 0.2) is 12.6 Å². The summed E-state index contributed by atoms with van der Waals surface area (Å²) in [4.78, 5) is 38.3. The Balaban J connectivity index is 1.70. The van der Waals surface area contributed by atoms with E-state index < -0.39 is 148 Å². The van der Waals surface area contributed by atoms with Gasteiger partial charge < -0.3 is 100 Å². The molecule has 3 saturated heterocycles. The number of carboxylic acid groups (broad SMARTS) is 1. The quantitative estimate of drug-likeness (QED) is 0.0303. The van der Waals surface area contributed by atoms with Crippen LogP contribution in [-0.2, 0) is 42.8 Å². The predicted molar refractivity (Wildman–Crippen MR) is 278 cm³/mol. The molecule has 3 rings (SSSR count). The van der Waals surface area contributed by atoms with Crippen molar-refractivity contribution in [3.63, 3.8) is 0 Å². The van der Waals surface area contributed by atoms with Crippen molar-refractivity contribution in [1.29, 1.82) is 0 Å². The molecule has 0 aromatic carbocycles. The number of allylic oxidation sites excluding steroid dienone is 2. The minimum absolute atomic E-state index is 0.213. The van der Waals surface area contributed by atoms with E-state index in [1.807, 2.05) is 0 Å². The van der Waals surface area contributed by atoms with Crippen LogP contribution in [-0.4, -0.2) is 215 Å². The van der Waals surface area contributed by atoms with Gasteiger partial charge in [-0.05, 0) is 32.1 Å². The van der Waals surface area contributed by atoms with Gasteiger partial charge in [-0.2, -0.15) is 0 Å². The number of aliphatic hydroxyl groups is 11. The Morgan fingerprint density at radius 1 is 0.662 bits per heavy atom. The number of amides is 2. The summed E-state index contributed by atoms with van der Waals surface area (Å²) in [6, 6.07) is -2.53. The van der Waals surface area contributed by atoms with Crippen LogP contribution >= 0.6 is 0 Å². The molecule has 0 bridgehead atoms. The van der Waals surface area contributed by atoms with Crippen LogP contribution in [0.3, 0.4) is 0 Å². The topological polar surface area (TPSA) is 373 Å². The molecule has 3 heterocycles. The van der Waals surface area contributed by atoms with Gasteiger partial charge in [-0.15, -0.1) is 0 Å². The SMILES string of the molecule is CCCC/C=C\CCCCCCCC(=O)NC(COC1OC(CO)C(OC2OC(CO)C(O)C(OC3(C(=O)O)CC(O)C(NC(C)=O)C(C(O)C(O)CO)O3)C2O)C(O)C1O)C(O)CCCCCCCCCCCCCC. The number of hydrogen-bond acceptors (Lipinski definition) is 20. The molecule has 18 atom stereocenters. The summed E-state index contributed by atoms with van der Waals surface area (Å²) < 4.78 is 34.6. The number of ether oxygens (including phenoxy) is 6. The number of unbranched alkanes of at least 4 members (excludes halogenated alkanes) is 18. The number of aliphatic carboxylic acids is 1. The minimum atomic E-state index is -3.08. The Labute approximate surface area is 454 Å². The molecule has 0 aromatic rings.